The molecule has 2 N–H and O–H groups in total. The Hall–Kier alpha value is -4.04. The lowest BCUT2D eigenvalue weighted by Crippen LogP contribution is -2.35. The molecule has 6 rings (SSSR count). The van der Waals surface area contributed by atoms with E-state index in [2.05, 4.69) is 107 Å². The first-order valence-corrected chi connectivity index (χ1v) is 16.8. The first-order chi connectivity index (χ1) is 22.9. The predicted octanol–water partition coefficient (Wildman–Crippen LogP) is 7.75. The fraction of sp³-hybridized carbons (Fsp3) is 0.375. The fourth-order valence-electron chi connectivity index (χ4n) is 6.81. The van der Waals surface area contributed by atoms with Crippen LogP contribution in [0.2, 0.25) is 0 Å². The molecule has 0 aliphatic carbocycles. The second-order valence-electron chi connectivity index (χ2n) is 12.5. The Kier molecular flexibility index (Phi) is 13.7. The molecule has 2 aliphatic rings. The first-order valence-electron chi connectivity index (χ1n) is 16.8. The Balaban J connectivity index is 0.000000212. The Morgan fingerprint density at radius 1 is 0.688 bits per heavy atom. The van der Waals surface area contributed by atoms with Gasteiger partial charge in [0.1, 0.15) is 11.5 Å². The lowest BCUT2D eigenvalue weighted by molar-refractivity contribution is -0.105. The van der Waals surface area contributed by atoms with Gasteiger partial charge < -0.3 is 20.1 Å². The Bertz CT molecular complexity index is 1600. The summed E-state index contributed by atoms with van der Waals surface area (Å²) in [7, 11) is 5.41. The van der Waals surface area contributed by atoms with E-state index in [0.29, 0.717) is 18.5 Å². The largest absolute Gasteiger partial charge is 0.497 e. The van der Waals surface area contributed by atoms with Crippen molar-refractivity contribution in [2.75, 3.05) is 58.1 Å². The van der Waals surface area contributed by atoms with Crippen molar-refractivity contribution in [1.82, 2.24) is 9.80 Å². The minimum absolute atomic E-state index is 0. The zero-order valence-electron chi connectivity index (χ0n) is 29.0. The van der Waals surface area contributed by atoms with Crippen molar-refractivity contribution in [3.63, 3.8) is 0 Å². The van der Waals surface area contributed by atoms with Crippen molar-refractivity contribution in [1.29, 1.82) is 0 Å². The number of methoxy groups -OCH3 is 2. The number of fused-ring (bicyclic) bond motifs is 2. The number of hydrogen-bond donors (Lipinski definition) is 2. The van der Waals surface area contributed by atoms with Gasteiger partial charge in [-0.3, -0.25) is 14.6 Å². The molecule has 48 heavy (non-hydrogen) atoms. The SMILES string of the molecule is CNc1ccc(CCN2CCc3cc(OC)ccc3C2C)cc1.COc1ccc2c(c1)CCN(CCc1ccc(NC=O)cc1)C2C.Cl. The average Bonchev–Trinajstić information content (AvgIpc) is 3.12. The van der Waals surface area contributed by atoms with Gasteiger partial charge in [-0.15, -0.1) is 12.4 Å². The summed E-state index contributed by atoms with van der Waals surface area (Å²) in [5.41, 5.74) is 10.4. The van der Waals surface area contributed by atoms with Gasteiger partial charge in [0.25, 0.3) is 0 Å². The summed E-state index contributed by atoms with van der Waals surface area (Å²) in [6.07, 6.45) is 4.99. The zero-order chi connectivity index (χ0) is 33.2. The second kappa shape index (κ2) is 17.9. The van der Waals surface area contributed by atoms with Crippen molar-refractivity contribution in [2.45, 2.75) is 51.6 Å². The van der Waals surface area contributed by atoms with Crippen LogP contribution in [0.1, 0.15) is 59.3 Å². The van der Waals surface area contributed by atoms with Crippen molar-refractivity contribution in [2.24, 2.45) is 0 Å². The first kappa shape index (κ1) is 36.8. The summed E-state index contributed by atoms with van der Waals surface area (Å²) in [5.74, 6) is 1.91. The maximum Gasteiger partial charge on any atom is 0.211 e. The molecule has 1 amide bonds. The third-order valence-corrected chi connectivity index (χ3v) is 9.83. The molecule has 0 radical (unpaired) electrons. The smallest absolute Gasteiger partial charge is 0.211 e. The van der Waals surface area contributed by atoms with Crippen molar-refractivity contribution in [3.8, 4) is 11.5 Å². The lowest BCUT2D eigenvalue weighted by Gasteiger charge is -2.35. The third-order valence-electron chi connectivity index (χ3n) is 9.83. The molecule has 0 aromatic heterocycles. The standard InChI is InChI=1S/C20H24N2O2.C20H26N2O.ClH/c1-15-20-8-7-19(24-2)13-17(20)10-12-22(15)11-9-16-3-5-18(6-4-16)21-14-23;1-15-20-9-8-19(23-3)14-17(20)11-13-22(15)12-10-16-4-6-18(21-2)7-5-16;/h3-8,13-15H,9-12H2,1-2H3,(H,21,23);4-9,14-15,21H,10-13H2,1-3H3;1H. The number of hydrogen-bond acceptors (Lipinski definition) is 6. The lowest BCUT2D eigenvalue weighted by atomic mass is 9.93. The summed E-state index contributed by atoms with van der Waals surface area (Å²) in [5, 5.41) is 5.83. The topological polar surface area (TPSA) is 66.1 Å². The van der Waals surface area contributed by atoms with E-state index in [9.17, 15) is 4.79 Å². The second-order valence-corrected chi connectivity index (χ2v) is 12.5. The van der Waals surface area contributed by atoms with Crippen molar-refractivity contribution < 1.29 is 14.3 Å². The van der Waals surface area contributed by atoms with Gasteiger partial charge in [-0.1, -0.05) is 36.4 Å². The maximum absolute atomic E-state index is 10.4. The van der Waals surface area contributed by atoms with E-state index in [-0.39, 0.29) is 12.4 Å². The highest BCUT2D eigenvalue weighted by atomic mass is 35.5. The molecule has 0 saturated carbocycles. The maximum atomic E-state index is 10.4. The van der Waals surface area contributed by atoms with E-state index >= 15 is 0 Å². The number of carbonyl (C=O) groups is 1. The molecule has 8 heteroatoms. The van der Waals surface area contributed by atoms with Gasteiger partial charge in [0, 0.05) is 56.7 Å². The molecule has 0 fully saturated rings. The van der Waals surface area contributed by atoms with E-state index in [1.807, 2.05) is 19.2 Å². The molecule has 7 nitrogen and oxygen atoms in total. The van der Waals surface area contributed by atoms with Crippen LogP contribution < -0.4 is 20.1 Å². The number of benzene rings is 4. The predicted molar refractivity (Wildman–Crippen MR) is 200 cm³/mol. The summed E-state index contributed by atoms with van der Waals surface area (Å²) in [6, 6.07) is 30.6. The molecule has 2 atom stereocenters. The molecule has 0 spiro atoms. The molecule has 2 unspecified atom stereocenters. The van der Waals surface area contributed by atoms with Crippen molar-refractivity contribution in [3.05, 3.63) is 118 Å². The van der Waals surface area contributed by atoms with E-state index in [0.717, 1.165) is 69.0 Å². The molecular formula is C40H51ClN4O3. The quantitative estimate of drug-likeness (QED) is 0.159. The molecular weight excluding hydrogens is 620 g/mol. The molecule has 2 heterocycles. The average molecular weight is 671 g/mol. The minimum atomic E-state index is 0. The molecule has 4 aromatic rings. The molecule has 4 aromatic carbocycles. The van der Waals surface area contributed by atoms with Crippen molar-refractivity contribution >= 4 is 30.2 Å². The Morgan fingerprint density at radius 2 is 1.12 bits per heavy atom. The number of carbonyl (C=O) groups excluding carboxylic acids is 1. The number of amides is 1. The van der Waals surface area contributed by atoms with Gasteiger partial charge in [-0.2, -0.15) is 0 Å². The highest BCUT2D eigenvalue weighted by Gasteiger charge is 2.25. The van der Waals surface area contributed by atoms with Crippen LogP contribution in [0.15, 0.2) is 84.9 Å². The number of rotatable bonds is 11. The number of ether oxygens (including phenoxy) is 2. The molecule has 0 bridgehead atoms. The van der Waals surface area contributed by atoms with Crippen LogP contribution in [0.5, 0.6) is 11.5 Å². The highest BCUT2D eigenvalue weighted by molar-refractivity contribution is 5.85. The summed E-state index contributed by atoms with van der Waals surface area (Å²) in [6.45, 7) is 8.93. The van der Waals surface area contributed by atoms with Gasteiger partial charge >= 0.3 is 0 Å². The summed E-state index contributed by atoms with van der Waals surface area (Å²) >= 11 is 0. The number of nitrogens with zero attached hydrogens (tertiary/aromatic N) is 2. The minimum Gasteiger partial charge on any atom is -0.497 e. The van der Waals surface area contributed by atoms with Gasteiger partial charge in [-0.05, 0) is 121 Å². The van der Waals surface area contributed by atoms with E-state index < -0.39 is 0 Å². The third kappa shape index (κ3) is 9.31. The Labute approximate surface area is 293 Å². The number of nitrogens with one attached hydrogen (secondary N) is 2. The summed E-state index contributed by atoms with van der Waals surface area (Å²) in [4.78, 5) is 15.6. The van der Waals surface area contributed by atoms with Gasteiger partial charge in [0.2, 0.25) is 6.41 Å². The zero-order valence-corrected chi connectivity index (χ0v) is 29.8. The highest BCUT2D eigenvalue weighted by Crippen LogP contribution is 2.33. The fourth-order valence-corrected chi connectivity index (χ4v) is 6.81. The van der Waals surface area contributed by atoms with Gasteiger partial charge in [-0.25, -0.2) is 0 Å². The summed E-state index contributed by atoms with van der Waals surface area (Å²) < 4.78 is 10.7. The van der Waals surface area contributed by atoms with E-state index in [1.165, 1.54) is 39.1 Å². The Morgan fingerprint density at radius 3 is 1.52 bits per heavy atom. The van der Waals surface area contributed by atoms with Crippen LogP contribution in [-0.4, -0.2) is 63.7 Å². The van der Waals surface area contributed by atoms with Crippen LogP contribution >= 0.6 is 12.4 Å². The number of anilines is 2. The van der Waals surface area contributed by atoms with Gasteiger partial charge in [0.05, 0.1) is 14.2 Å². The van der Waals surface area contributed by atoms with Crippen LogP contribution in [0.25, 0.3) is 0 Å². The molecule has 0 saturated heterocycles. The molecule has 2 aliphatic heterocycles. The van der Waals surface area contributed by atoms with E-state index in [1.54, 1.807) is 14.2 Å². The van der Waals surface area contributed by atoms with Gasteiger partial charge in [0.15, 0.2) is 0 Å². The van der Waals surface area contributed by atoms with Crippen LogP contribution in [0.4, 0.5) is 11.4 Å². The normalized spacial score (nSPS) is 17.0. The molecule has 256 valence electrons. The van der Waals surface area contributed by atoms with E-state index in [4.69, 9.17) is 9.47 Å². The van der Waals surface area contributed by atoms with Crippen LogP contribution in [0, 0.1) is 0 Å². The monoisotopic (exact) mass is 670 g/mol. The number of halogens is 1. The van der Waals surface area contributed by atoms with Crippen LogP contribution in [-0.2, 0) is 30.5 Å². The van der Waals surface area contributed by atoms with Crippen LogP contribution in [0.3, 0.4) is 0 Å².